The molecule has 0 saturated heterocycles. The molecule has 6 aromatic carbocycles. The summed E-state index contributed by atoms with van der Waals surface area (Å²) in [6, 6.07) is 39.1. The second kappa shape index (κ2) is 8.03. The van der Waals surface area contributed by atoms with E-state index in [1.807, 2.05) is 0 Å². The van der Waals surface area contributed by atoms with Gasteiger partial charge in [0.2, 0.25) is 0 Å². The van der Waals surface area contributed by atoms with Gasteiger partial charge in [0.05, 0.1) is 12.2 Å². The van der Waals surface area contributed by atoms with Gasteiger partial charge in [0.25, 0.3) is 0 Å². The molecule has 0 amide bonds. The van der Waals surface area contributed by atoms with E-state index in [0.29, 0.717) is 0 Å². The van der Waals surface area contributed by atoms with Gasteiger partial charge in [-0.1, -0.05) is 97.1 Å². The van der Waals surface area contributed by atoms with Crippen LogP contribution in [-0.4, -0.2) is 0 Å². The van der Waals surface area contributed by atoms with Crippen molar-refractivity contribution in [3.63, 3.8) is 0 Å². The molecule has 0 spiro atoms. The Morgan fingerprint density at radius 3 is 1.00 bits per heavy atom. The zero-order chi connectivity index (χ0) is 22.4. The normalized spacial score (nSPS) is 13.6. The molecule has 0 bridgehead atoms. The number of benzene rings is 6. The topological polar surface area (TPSA) is 9.23 Å². The number of rotatable bonds is 4. The van der Waals surface area contributed by atoms with Crippen molar-refractivity contribution in [3.8, 4) is 0 Å². The van der Waals surface area contributed by atoms with E-state index in [0.717, 1.165) is 0 Å². The third kappa shape index (κ3) is 3.37. The number of hydrogen-bond donors (Lipinski definition) is 0. The lowest BCUT2D eigenvalue weighted by atomic mass is 9.92. The van der Waals surface area contributed by atoms with Crippen LogP contribution in [0.2, 0.25) is 0 Å². The fourth-order valence-corrected chi connectivity index (χ4v) is 5.42. The van der Waals surface area contributed by atoms with Gasteiger partial charge in [-0.2, -0.15) is 0 Å². The third-order valence-electron chi connectivity index (χ3n) is 6.85. The lowest BCUT2D eigenvalue weighted by Crippen LogP contribution is -2.07. The molecule has 1 heteroatoms. The van der Waals surface area contributed by atoms with Gasteiger partial charge in [-0.15, -0.1) is 0 Å². The Morgan fingerprint density at radius 2 is 0.697 bits per heavy atom. The van der Waals surface area contributed by atoms with E-state index in [9.17, 15) is 0 Å². The minimum absolute atomic E-state index is 0.0614. The van der Waals surface area contributed by atoms with Crippen molar-refractivity contribution in [1.29, 1.82) is 0 Å². The number of fused-ring (bicyclic) bond motifs is 4. The molecule has 0 saturated carbocycles. The Labute approximate surface area is 194 Å². The number of ether oxygens (including phenoxy) is 1. The van der Waals surface area contributed by atoms with Crippen LogP contribution in [0.3, 0.4) is 0 Å². The van der Waals surface area contributed by atoms with Crippen LogP contribution >= 0.6 is 0 Å². The molecule has 160 valence electrons. The molecular formula is C32H26O. The van der Waals surface area contributed by atoms with Crippen LogP contribution in [0.25, 0.3) is 43.1 Å². The molecule has 0 aromatic heterocycles. The van der Waals surface area contributed by atoms with Gasteiger partial charge in [-0.3, -0.25) is 0 Å². The van der Waals surface area contributed by atoms with Crippen molar-refractivity contribution in [3.05, 3.63) is 120 Å². The zero-order valence-corrected chi connectivity index (χ0v) is 19.0. The average molecular weight is 427 g/mol. The van der Waals surface area contributed by atoms with Crippen molar-refractivity contribution in [2.45, 2.75) is 26.1 Å². The van der Waals surface area contributed by atoms with Gasteiger partial charge in [0.15, 0.2) is 0 Å². The summed E-state index contributed by atoms with van der Waals surface area (Å²) in [5.41, 5.74) is 2.53. The third-order valence-corrected chi connectivity index (χ3v) is 6.85. The highest BCUT2D eigenvalue weighted by molar-refractivity contribution is 6.03. The Balaban J connectivity index is 1.51. The Kier molecular flexibility index (Phi) is 4.86. The predicted molar refractivity (Wildman–Crippen MR) is 141 cm³/mol. The fourth-order valence-electron chi connectivity index (χ4n) is 5.42. The highest BCUT2D eigenvalue weighted by Gasteiger charge is 2.20. The maximum atomic E-state index is 6.85. The Morgan fingerprint density at radius 1 is 0.424 bits per heavy atom. The molecule has 0 heterocycles. The van der Waals surface area contributed by atoms with Gasteiger partial charge in [0.1, 0.15) is 0 Å². The summed E-state index contributed by atoms with van der Waals surface area (Å²) in [5, 5.41) is 10.1. The second-order valence-electron chi connectivity index (χ2n) is 8.89. The molecule has 1 nitrogen and oxygen atoms in total. The van der Waals surface area contributed by atoms with Crippen LogP contribution in [-0.2, 0) is 4.74 Å². The van der Waals surface area contributed by atoms with Crippen LogP contribution in [0.15, 0.2) is 109 Å². The molecule has 6 rings (SSSR count). The minimum Gasteiger partial charge on any atom is -0.366 e. The van der Waals surface area contributed by atoms with Crippen molar-refractivity contribution in [1.82, 2.24) is 0 Å². The first-order valence-electron chi connectivity index (χ1n) is 11.7. The molecular weight excluding hydrogens is 400 g/mol. The van der Waals surface area contributed by atoms with E-state index < -0.39 is 0 Å². The molecule has 33 heavy (non-hydrogen) atoms. The first-order valence-corrected chi connectivity index (χ1v) is 11.7. The molecule has 0 radical (unpaired) electrons. The largest absolute Gasteiger partial charge is 0.366 e. The molecule has 0 aliphatic heterocycles. The number of hydrogen-bond acceptors (Lipinski definition) is 1. The average Bonchev–Trinajstić information content (AvgIpc) is 2.85. The van der Waals surface area contributed by atoms with Crippen LogP contribution in [0, 0.1) is 0 Å². The molecule has 0 fully saturated rings. The monoisotopic (exact) mass is 426 g/mol. The van der Waals surface area contributed by atoms with Crippen LogP contribution in [0.1, 0.15) is 37.2 Å². The van der Waals surface area contributed by atoms with Gasteiger partial charge in [-0.25, -0.2) is 0 Å². The summed E-state index contributed by atoms with van der Waals surface area (Å²) in [5.74, 6) is 0. The highest BCUT2D eigenvalue weighted by Crippen LogP contribution is 2.40. The van der Waals surface area contributed by atoms with Crippen molar-refractivity contribution < 1.29 is 4.74 Å². The molecule has 2 atom stereocenters. The lowest BCUT2D eigenvalue weighted by Gasteiger charge is -2.25. The summed E-state index contributed by atoms with van der Waals surface area (Å²) in [6.45, 7) is 4.38. The Bertz CT molecular complexity index is 1400. The second-order valence-corrected chi connectivity index (χ2v) is 8.89. The first kappa shape index (κ1) is 20.0. The van der Waals surface area contributed by atoms with E-state index in [-0.39, 0.29) is 12.2 Å². The summed E-state index contributed by atoms with van der Waals surface area (Å²) >= 11 is 0. The maximum absolute atomic E-state index is 6.85. The summed E-state index contributed by atoms with van der Waals surface area (Å²) in [7, 11) is 0. The lowest BCUT2D eigenvalue weighted by molar-refractivity contribution is 0.00897. The SMILES string of the molecule is C[C@H](O[C@@H](C)c1c2ccccc2cc2ccccc12)c1c2ccccc2cc2ccccc12. The van der Waals surface area contributed by atoms with E-state index in [2.05, 4.69) is 123 Å². The summed E-state index contributed by atoms with van der Waals surface area (Å²) in [4.78, 5) is 0. The van der Waals surface area contributed by atoms with E-state index >= 15 is 0 Å². The highest BCUT2D eigenvalue weighted by atomic mass is 16.5. The standard InChI is InChI=1S/C32H26O/c1-21(31-27-15-7-3-11-23(27)19-24-12-4-8-16-28(24)31)33-22(2)32-29-17-9-5-13-25(29)20-26-14-6-10-18-30(26)32/h3-22H,1-2H3/t21-,22-/m0/s1. The fraction of sp³-hybridized carbons (Fsp3) is 0.125. The van der Waals surface area contributed by atoms with Gasteiger partial charge >= 0.3 is 0 Å². The molecule has 0 aliphatic carbocycles. The minimum atomic E-state index is -0.0614. The zero-order valence-electron chi connectivity index (χ0n) is 19.0. The smallest absolute Gasteiger partial charge is 0.0817 e. The first-order chi connectivity index (χ1) is 16.2. The van der Waals surface area contributed by atoms with E-state index in [1.165, 1.54) is 54.2 Å². The van der Waals surface area contributed by atoms with Crippen molar-refractivity contribution in [2.24, 2.45) is 0 Å². The van der Waals surface area contributed by atoms with Crippen molar-refractivity contribution in [2.75, 3.05) is 0 Å². The van der Waals surface area contributed by atoms with E-state index in [4.69, 9.17) is 4.74 Å². The molecule has 0 unspecified atom stereocenters. The maximum Gasteiger partial charge on any atom is 0.0817 e. The van der Waals surface area contributed by atoms with Crippen LogP contribution in [0.4, 0.5) is 0 Å². The summed E-state index contributed by atoms with van der Waals surface area (Å²) < 4.78 is 6.85. The predicted octanol–water partition coefficient (Wildman–Crippen LogP) is 9.14. The summed E-state index contributed by atoms with van der Waals surface area (Å²) in [6.07, 6.45) is -0.123. The van der Waals surface area contributed by atoms with Gasteiger partial charge < -0.3 is 4.74 Å². The molecule has 6 aromatic rings. The van der Waals surface area contributed by atoms with Gasteiger partial charge in [0, 0.05) is 0 Å². The van der Waals surface area contributed by atoms with Crippen LogP contribution in [0.5, 0.6) is 0 Å². The van der Waals surface area contributed by atoms with Crippen LogP contribution < -0.4 is 0 Å². The van der Waals surface area contributed by atoms with Crippen molar-refractivity contribution >= 4 is 43.1 Å². The molecule has 0 N–H and O–H groups in total. The Hall–Kier alpha value is -3.68. The van der Waals surface area contributed by atoms with E-state index in [1.54, 1.807) is 0 Å². The quantitative estimate of drug-likeness (QED) is 0.255. The molecule has 0 aliphatic rings. The van der Waals surface area contributed by atoms with Gasteiger partial charge in [-0.05, 0) is 80.2 Å².